The highest BCUT2D eigenvalue weighted by Crippen LogP contribution is 2.11. The molecule has 2 rings (SSSR count). The molecule has 2 aromatic rings. The third-order valence-corrected chi connectivity index (χ3v) is 3.91. The Morgan fingerprint density at radius 1 is 1.28 bits per heavy atom. The summed E-state index contributed by atoms with van der Waals surface area (Å²) in [5.41, 5.74) is 0. The summed E-state index contributed by atoms with van der Waals surface area (Å²) in [6.07, 6.45) is 4.08. The molecule has 0 saturated heterocycles. The van der Waals surface area contributed by atoms with Crippen LogP contribution in [0.4, 0.5) is 5.82 Å². The normalized spacial score (nSPS) is 11.7. The minimum Gasteiger partial charge on any atom is -0.267 e. The van der Waals surface area contributed by atoms with Crippen molar-refractivity contribution in [1.29, 1.82) is 0 Å². The maximum Gasteiger partial charge on any atom is 0.236 e. The molecule has 0 aliphatic rings. The number of anilines is 1. The SMILES string of the molecule is CC(C)S(=O)(=O)Nc1cc(-n2cncn2)ncn1. The molecule has 0 aromatic carbocycles. The Kier molecular flexibility index (Phi) is 3.24. The van der Waals surface area contributed by atoms with E-state index in [1.54, 1.807) is 13.8 Å². The fourth-order valence-electron chi connectivity index (χ4n) is 1.12. The smallest absolute Gasteiger partial charge is 0.236 e. The zero-order chi connectivity index (χ0) is 13.2. The Morgan fingerprint density at radius 2 is 2.06 bits per heavy atom. The molecule has 2 heterocycles. The maximum absolute atomic E-state index is 11.7. The Bertz CT molecular complexity index is 622. The molecule has 2 aromatic heterocycles. The molecule has 9 heteroatoms. The summed E-state index contributed by atoms with van der Waals surface area (Å²) in [7, 11) is -3.42. The molecule has 1 N–H and O–H groups in total. The molecule has 0 bridgehead atoms. The lowest BCUT2D eigenvalue weighted by molar-refractivity contribution is 0.592. The van der Waals surface area contributed by atoms with Crippen molar-refractivity contribution in [3.05, 3.63) is 25.0 Å². The average molecular weight is 268 g/mol. The summed E-state index contributed by atoms with van der Waals surface area (Å²) in [5.74, 6) is 0.633. The highest BCUT2D eigenvalue weighted by molar-refractivity contribution is 7.93. The Balaban J connectivity index is 2.29. The number of sulfonamides is 1. The second-order valence-corrected chi connectivity index (χ2v) is 6.03. The van der Waals surface area contributed by atoms with Crippen molar-refractivity contribution in [2.45, 2.75) is 19.1 Å². The molecule has 0 fully saturated rings. The second-order valence-electron chi connectivity index (χ2n) is 3.80. The van der Waals surface area contributed by atoms with E-state index in [0.29, 0.717) is 5.82 Å². The Labute approximate surface area is 104 Å². The number of rotatable bonds is 4. The van der Waals surface area contributed by atoms with Crippen molar-refractivity contribution in [3.8, 4) is 5.82 Å². The van der Waals surface area contributed by atoms with Crippen molar-refractivity contribution in [2.75, 3.05) is 4.72 Å². The summed E-state index contributed by atoms with van der Waals surface area (Å²) < 4.78 is 27.2. The molecule has 0 amide bonds. The minimum atomic E-state index is -3.42. The van der Waals surface area contributed by atoms with Gasteiger partial charge in [0, 0.05) is 6.07 Å². The van der Waals surface area contributed by atoms with Crippen LogP contribution in [-0.2, 0) is 10.0 Å². The van der Waals surface area contributed by atoms with Gasteiger partial charge in [0.1, 0.15) is 24.8 Å². The van der Waals surface area contributed by atoms with Crippen molar-refractivity contribution >= 4 is 15.8 Å². The highest BCUT2D eigenvalue weighted by atomic mass is 32.2. The Morgan fingerprint density at radius 3 is 2.67 bits per heavy atom. The molecule has 0 unspecified atom stereocenters. The van der Waals surface area contributed by atoms with E-state index in [2.05, 4.69) is 24.8 Å². The fraction of sp³-hybridized carbons (Fsp3) is 0.333. The van der Waals surface area contributed by atoms with Crippen molar-refractivity contribution in [2.24, 2.45) is 0 Å². The number of aromatic nitrogens is 5. The van der Waals surface area contributed by atoms with Gasteiger partial charge in [-0.3, -0.25) is 4.72 Å². The topological polar surface area (TPSA) is 103 Å². The van der Waals surface area contributed by atoms with Crippen LogP contribution in [0.15, 0.2) is 25.0 Å². The van der Waals surface area contributed by atoms with Gasteiger partial charge in [0.25, 0.3) is 0 Å². The van der Waals surface area contributed by atoms with Gasteiger partial charge in [0.05, 0.1) is 5.25 Å². The van der Waals surface area contributed by atoms with Gasteiger partial charge in [0.2, 0.25) is 10.0 Å². The molecule has 0 aliphatic heterocycles. The van der Waals surface area contributed by atoms with Crippen LogP contribution in [0.3, 0.4) is 0 Å². The summed E-state index contributed by atoms with van der Waals surface area (Å²) in [6.45, 7) is 3.17. The lowest BCUT2D eigenvalue weighted by Gasteiger charge is -2.10. The first kappa shape index (κ1) is 12.4. The summed E-state index contributed by atoms with van der Waals surface area (Å²) in [6, 6.07) is 1.48. The zero-order valence-corrected chi connectivity index (χ0v) is 10.7. The van der Waals surface area contributed by atoms with Crippen LogP contribution in [0.25, 0.3) is 5.82 Å². The fourth-order valence-corrected chi connectivity index (χ4v) is 1.76. The van der Waals surface area contributed by atoms with Gasteiger partial charge in [-0.1, -0.05) is 0 Å². The predicted octanol–water partition coefficient (Wildman–Crippen LogP) is 0.207. The molecule has 0 saturated carbocycles. The van der Waals surface area contributed by atoms with Gasteiger partial charge in [-0.05, 0) is 13.8 Å². The molecule has 96 valence electrons. The average Bonchev–Trinajstić information content (AvgIpc) is 2.82. The van der Waals surface area contributed by atoms with Gasteiger partial charge in [-0.2, -0.15) is 5.10 Å². The molecule has 0 aliphatic carbocycles. The number of nitrogens with zero attached hydrogens (tertiary/aromatic N) is 5. The van der Waals surface area contributed by atoms with Crippen molar-refractivity contribution in [3.63, 3.8) is 0 Å². The van der Waals surface area contributed by atoms with E-state index in [0.717, 1.165) is 0 Å². The van der Waals surface area contributed by atoms with Crippen LogP contribution in [0.2, 0.25) is 0 Å². The van der Waals surface area contributed by atoms with Crippen LogP contribution in [0, 0.1) is 0 Å². The van der Waals surface area contributed by atoms with Crippen molar-refractivity contribution < 1.29 is 8.42 Å². The monoisotopic (exact) mass is 268 g/mol. The first-order chi connectivity index (χ1) is 8.49. The number of hydrogen-bond donors (Lipinski definition) is 1. The van der Waals surface area contributed by atoms with E-state index in [4.69, 9.17) is 0 Å². The highest BCUT2D eigenvalue weighted by Gasteiger charge is 2.16. The molecule has 18 heavy (non-hydrogen) atoms. The quantitative estimate of drug-likeness (QED) is 0.850. The van der Waals surface area contributed by atoms with E-state index >= 15 is 0 Å². The molecule has 0 atom stereocenters. The van der Waals surface area contributed by atoms with Gasteiger partial charge in [0.15, 0.2) is 5.82 Å². The Hall–Kier alpha value is -2.03. The lowest BCUT2D eigenvalue weighted by Crippen LogP contribution is -2.23. The summed E-state index contributed by atoms with van der Waals surface area (Å²) >= 11 is 0. The first-order valence-electron chi connectivity index (χ1n) is 5.18. The zero-order valence-electron chi connectivity index (χ0n) is 9.85. The molecular formula is C9H12N6O2S. The first-order valence-corrected chi connectivity index (χ1v) is 6.72. The van der Waals surface area contributed by atoms with Crippen molar-refractivity contribution in [1.82, 2.24) is 24.7 Å². The van der Waals surface area contributed by atoms with E-state index in [1.807, 2.05) is 0 Å². The molecule has 0 spiro atoms. The third kappa shape index (κ3) is 2.62. The van der Waals surface area contributed by atoms with Gasteiger partial charge in [-0.25, -0.2) is 28.1 Å². The van der Waals surface area contributed by atoms with Crippen LogP contribution in [-0.4, -0.2) is 38.4 Å². The van der Waals surface area contributed by atoms with Gasteiger partial charge in [-0.15, -0.1) is 0 Å². The van der Waals surface area contributed by atoms with E-state index in [1.165, 1.54) is 29.7 Å². The van der Waals surface area contributed by atoms with Gasteiger partial charge < -0.3 is 0 Å². The van der Waals surface area contributed by atoms with E-state index < -0.39 is 15.3 Å². The predicted molar refractivity (Wildman–Crippen MR) is 64.6 cm³/mol. The number of hydrogen-bond acceptors (Lipinski definition) is 6. The standard InChI is InChI=1S/C9H12N6O2S/c1-7(2)18(16,17)14-8-3-9(12-5-11-8)15-6-10-4-13-15/h3-7H,1-2H3,(H,11,12,14). The number of nitrogens with one attached hydrogen (secondary N) is 1. The van der Waals surface area contributed by atoms with Crippen LogP contribution in [0.5, 0.6) is 0 Å². The summed E-state index contributed by atoms with van der Waals surface area (Å²) in [5, 5.41) is 3.36. The third-order valence-electron chi connectivity index (χ3n) is 2.17. The van der Waals surface area contributed by atoms with E-state index in [9.17, 15) is 8.42 Å². The van der Waals surface area contributed by atoms with Gasteiger partial charge >= 0.3 is 0 Å². The largest absolute Gasteiger partial charge is 0.267 e. The second kappa shape index (κ2) is 4.69. The van der Waals surface area contributed by atoms with E-state index in [-0.39, 0.29) is 5.82 Å². The van der Waals surface area contributed by atoms with Crippen LogP contribution in [0.1, 0.15) is 13.8 Å². The minimum absolute atomic E-state index is 0.198. The molecule has 8 nitrogen and oxygen atoms in total. The molecular weight excluding hydrogens is 256 g/mol. The van der Waals surface area contributed by atoms with Crippen LogP contribution < -0.4 is 4.72 Å². The maximum atomic E-state index is 11.7. The lowest BCUT2D eigenvalue weighted by atomic mass is 10.5. The van der Waals surface area contributed by atoms with Crippen LogP contribution >= 0.6 is 0 Å². The molecule has 0 radical (unpaired) electrons. The summed E-state index contributed by atoms with van der Waals surface area (Å²) in [4.78, 5) is 11.6.